The molecular formula is C18H13N3O3S3. The van der Waals surface area contributed by atoms with Crippen LogP contribution in [0, 0.1) is 10.1 Å². The molecule has 27 heavy (non-hydrogen) atoms. The highest BCUT2D eigenvalue weighted by atomic mass is 32.2. The summed E-state index contributed by atoms with van der Waals surface area (Å²) < 4.78 is 1.55. The van der Waals surface area contributed by atoms with Crippen molar-refractivity contribution in [1.82, 2.24) is 9.55 Å². The van der Waals surface area contributed by atoms with Crippen LogP contribution in [-0.4, -0.2) is 14.5 Å². The van der Waals surface area contributed by atoms with Gasteiger partial charge < -0.3 is 0 Å². The molecule has 1 aromatic carbocycles. The average molecular weight is 416 g/mol. The van der Waals surface area contributed by atoms with Crippen LogP contribution in [0.4, 0.5) is 5.69 Å². The van der Waals surface area contributed by atoms with E-state index in [-0.39, 0.29) is 11.2 Å². The number of thiophene rings is 2. The summed E-state index contributed by atoms with van der Waals surface area (Å²) in [6.45, 7) is 0. The van der Waals surface area contributed by atoms with E-state index in [9.17, 15) is 14.9 Å². The summed E-state index contributed by atoms with van der Waals surface area (Å²) in [7, 11) is 1.71. The van der Waals surface area contributed by atoms with Crippen LogP contribution in [0.2, 0.25) is 0 Å². The summed E-state index contributed by atoms with van der Waals surface area (Å²) in [5, 5.41) is 16.1. The molecule has 0 aliphatic rings. The zero-order valence-corrected chi connectivity index (χ0v) is 16.6. The van der Waals surface area contributed by atoms with Gasteiger partial charge in [0, 0.05) is 40.8 Å². The summed E-state index contributed by atoms with van der Waals surface area (Å²) in [6.07, 6.45) is 0. The van der Waals surface area contributed by atoms with Gasteiger partial charge in [-0.2, -0.15) is 0 Å². The lowest BCUT2D eigenvalue weighted by molar-refractivity contribution is -0.384. The number of non-ortho nitro benzene ring substituents is 1. The topological polar surface area (TPSA) is 78.0 Å². The fourth-order valence-corrected chi connectivity index (χ4v) is 5.42. The molecule has 0 aliphatic heterocycles. The van der Waals surface area contributed by atoms with Crippen molar-refractivity contribution >= 4 is 50.3 Å². The second-order valence-electron chi connectivity index (χ2n) is 5.78. The summed E-state index contributed by atoms with van der Waals surface area (Å²) in [5.74, 6) is 0.497. The number of nitrogens with zero attached hydrogens (tertiary/aromatic N) is 3. The number of benzene rings is 1. The third kappa shape index (κ3) is 3.41. The maximum absolute atomic E-state index is 12.9. The first-order valence-corrected chi connectivity index (χ1v) is 10.7. The molecule has 0 radical (unpaired) electrons. The number of hydrogen-bond acceptors (Lipinski definition) is 7. The Labute approximate surface area is 166 Å². The SMILES string of the molecule is Cn1c(SCc2cccc([N+](=O)[O-])c2)nc2scc(-c3cccs3)c2c1=O. The average Bonchev–Trinajstić information content (AvgIpc) is 3.33. The van der Waals surface area contributed by atoms with Crippen LogP contribution in [0.15, 0.2) is 57.1 Å². The van der Waals surface area contributed by atoms with Crippen molar-refractivity contribution in [3.8, 4) is 10.4 Å². The van der Waals surface area contributed by atoms with E-state index in [0.717, 1.165) is 16.0 Å². The summed E-state index contributed by atoms with van der Waals surface area (Å²) in [6, 6.07) is 10.5. The third-order valence-electron chi connectivity index (χ3n) is 4.05. The molecule has 0 unspecified atom stereocenters. The number of fused-ring (bicyclic) bond motifs is 1. The minimum atomic E-state index is -0.411. The lowest BCUT2D eigenvalue weighted by Crippen LogP contribution is -2.19. The molecule has 0 fully saturated rings. The smallest absolute Gasteiger partial charge is 0.269 e. The molecule has 0 saturated carbocycles. The molecule has 6 nitrogen and oxygen atoms in total. The summed E-state index contributed by atoms with van der Waals surface area (Å²) >= 11 is 4.45. The third-order valence-corrected chi connectivity index (χ3v) is 6.93. The zero-order chi connectivity index (χ0) is 19.0. The predicted octanol–water partition coefficient (Wildman–Crippen LogP) is 4.92. The van der Waals surface area contributed by atoms with E-state index < -0.39 is 4.92 Å². The number of rotatable bonds is 5. The lowest BCUT2D eigenvalue weighted by atomic mass is 10.2. The molecular weight excluding hydrogens is 402 g/mol. The van der Waals surface area contributed by atoms with E-state index in [2.05, 4.69) is 4.98 Å². The van der Waals surface area contributed by atoms with Gasteiger partial charge in [-0.25, -0.2) is 4.98 Å². The number of aromatic nitrogens is 2. The fraction of sp³-hybridized carbons (Fsp3) is 0.111. The van der Waals surface area contributed by atoms with Gasteiger partial charge in [0.05, 0.1) is 10.3 Å². The summed E-state index contributed by atoms with van der Waals surface area (Å²) in [5.41, 5.74) is 1.72. The van der Waals surface area contributed by atoms with E-state index in [1.807, 2.05) is 29.0 Å². The normalized spacial score (nSPS) is 11.1. The highest BCUT2D eigenvalue weighted by Gasteiger charge is 2.16. The molecule has 0 N–H and O–H groups in total. The van der Waals surface area contributed by atoms with Gasteiger partial charge >= 0.3 is 0 Å². The zero-order valence-electron chi connectivity index (χ0n) is 14.1. The Hall–Kier alpha value is -2.49. The minimum absolute atomic E-state index is 0.0595. The molecule has 0 aliphatic carbocycles. The first kappa shape index (κ1) is 17.9. The van der Waals surface area contributed by atoms with E-state index in [1.54, 1.807) is 35.1 Å². The number of nitro benzene ring substituents is 1. The standard InChI is InChI=1S/C18H13N3O3S3/c1-20-17(22)15-13(14-6-3-7-25-14)10-26-16(15)19-18(20)27-9-11-4-2-5-12(8-11)21(23)24/h2-8,10H,9H2,1H3. The maximum Gasteiger partial charge on any atom is 0.269 e. The molecule has 3 heterocycles. The Morgan fingerprint density at radius 3 is 2.85 bits per heavy atom. The van der Waals surface area contributed by atoms with E-state index >= 15 is 0 Å². The first-order chi connectivity index (χ1) is 13.0. The second-order valence-corrected chi connectivity index (χ2v) is 8.53. The fourth-order valence-electron chi connectivity index (χ4n) is 2.70. The van der Waals surface area contributed by atoms with Crippen LogP contribution in [0.5, 0.6) is 0 Å². The van der Waals surface area contributed by atoms with Crippen LogP contribution in [0.25, 0.3) is 20.7 Å². The second kappa shape index (κ2) is 7.26. The van der Waals surface area contributed by atoms with Crippen LogP contribution in [0.3, 0.4) is 0 Å². The monoisotopic (exact) mass is 415 g/mol. The van der Waals surface area contributed by atoms with Crippen molar-refractivity contribution in [3.05, 3.63) is 73.2 Å². The van der Waals surface area contributed by atoms with Crippen LogP contribution in [-0.2, 0) is 12.8 Å². The van der Waals surface area contributed by atoms with Gasteiger partial charge in [0.1, 0.15) is 4.83 Å². The van der Waals surface area contributed by atoms with Crippen molar-refractivity contribution in [1.29, 1.82) is 0 Å². The van der Waals surface area contributed by atoms with Crippen LogP contribution >= 0.6 is 34.4 Å². The van der Waals surface area contributed by atoms with Crippen LogP contribution in [0.1, 0.15) is 5.56 Å². The molecule has 0 spiro atoms. The highest BCUT2D eigenvalue weighted by Crippen LogP contribution is 2.34. The van der Waals surface area contributed by atoms with Gasteiger partial charge in [0.15, 0.2) is 5.16 Å². The Balaban J connectivity index is 1.67. The Bertz CT molecular complexity index is 1200. The van der Waals surface area contributed by atoms with E-state index in [1.165, 1.54) is 29.2 Å². The van der Waals surface area contributed by atoms with Gasteiger partial charge in [0.25, 0.3) is 11.2 Å². The van der Waals surface area contributed by atoms with Gasteiger partial charge in [-0.3, -0.25) is 19.5 Å². The molecule has 4 aromatic rings. The molecule has 9 heteroatoms. The van der Waals surface area contributed by atoms with E-state index in [4.69, 9.17) is 0 Å². The van der Waals surface area contributed by atoms with Gasteiger partial charge in [0.2, 0.25) is 0 Å². The van der Waals surface area contributed by atoms with Crippen molar-refractivity contribution in [2.45, 2.75) is 10.9 Å². The minimum Gasteiger partial charge on any atom is -0.290 e. The first-order valence-electron chi connectivity index (χ1n) is 7.93. The van der Waals surface area contributed by atoms with Crippen LogP contribution < -0.4 is 5.56 Å². The molecule has 4 rings (SSSR count). The van der Waals surface area contributed by atoms with E-state index in [0.29, 0.717) is 21.1 Å². The van der Waals surface area contributed by atoms with Crippen molar-refractivity contribution in [2.24, 2.45) is 7.05 Å². The summed E-state index contributed by atoms with van der Waals surface area (Å²) in [4.78, 5) is 29.8. The number of thioether (sulfide) groups is 1. The molecule has 3 aromatic heterocycles. The molecule has 0 bridgehead atoms. The predicted molar refractivity (Wildman–Crippen MR) is 111 cm³/mol. The van der Waals surface area contributed by atoms with Crippen molar-refractivity contribution in [2.75, 3.05) is 0 Å². The molecule has 0 saturated heterocycles. The largest absolute Gasteiger partial charge is 0.290 e. The Morgan fingerprint density at radius 2 is 2.11 bits per heavy atom. The quantitative estimate of drug-likeness (QED) is 0.200. The molecule has 136 valence electrons. The van der Waals surface area contributed by atoms with Gasteiger partial charge in [-0.05, 0) is 17.0 Å². The maximum atomic E-state index is 12.9. The number of hydrogen-bond donors (Lipinski definition) is 0. The van der Waals surface area contributed by atoms with Gasteiger partial charge in [-0.1, -0.05) is 30.0 Å². The highest BCUT2D eigenvalue weighted by molar-refractivity contribution is 7.98. The van der Waals surface area contributed by atoms with Gasteiger partial charge in [-0.15, -0.1) is 22.7 Å². The van der Waals surface area contributed by atoms with Crippen molar-refractivity contribution in [3.63, 3.8) is 0 Å². The van der Waals surface area contributed by atoms with Crippen molar-refractivity contribution < 1.29 is 4.92 Å². The Morgan fingerprint density at radius 1 is 1.26 bits per heavy atom. The molecule has 0 amide bonds. The Kier molecular flexibility index (Phi) is 4.81. The number of nitro groups is 1. The lowest BCUT2D eigenvalue weighted by Gasteiger charge is -2.07. The molecule has 0 atom stereocenters.